The second-order valence-electron chi connectivity index (χ2n) is 6.59. The van der Waals surface area contributed by atoms with Crippen molar-refractivity contribution in [3.05, 3.63) is 11.6 Å². The first-order valence-corrected chi connectivity index (χ1v) is 8.83. The van der Waals surface area contributed by atoms with Crippen LogP contribution in [0, 0.1) is 0 Å². The highest BCUT2D eigenvalue weighted by molar-refractivity contribution is 6.28. The Kier molecular flexibility index (Phi) is 4.71. The lowest BCUT2D eigenvalue weighted by Gasteiger charge is -2.30. The van der Waals surface area contributed by atoms with Crippen molar-refractivity contribution < 1.29 is 25.2 Å². The van der Waals surface area contributed by atoms with Crippen LogP contribution in [0.25, 0.3) is 11.2 Å². The predicted octanol–water partition coefficient (Wildman–Crippen LogP) is -0.948. The third-order valence-corrected chi connectivity index (χ3v) is 5.10. The largest absolute Gasteiger partial charge is 0.394 e. The van der Waals surface area contributed by atoms with Crippen molar-refractivity contribution in [3.63, 3.8) is 0 Å². The lowest BCUT2D eigenvalue weighted by atomic mass is 10.1. The van der Waals surface area contributed by atoms with Gasteiger partial charge in [0, 0.05) is 13.1 Å². The number of aromatic nitrogens is 4. The number of hydrogen-bond donors (Lipinski definition) is 4. The molecule has 0 aromatic carbocycles. The Hall–Kier alpha value is -1.56. The van der Waals surface area contributed by atoms with Gasteiger partial charge in [-0.15, -0.1) is 0 Å². The van der Waals surface area contributed by atoms with E-state index in [1.165, 1.54) is 10.9 Å². The maximum atomic E-state index is 10.3. The number of aliphatic hydroxyl groups is 4. The molecule has 4 N–H and O–H groups in total. The number of piperidine rings is 1. The smallest absolute Gasteiger partial charge is 0.226 e. The summed E-state index contributed by atoms with van der Waals surface area (Å²) in [6.07, 6.45) is -1.94. The van der Waals surface area contributed by atoms with Crippen molar-refractivity contribution in [2.45, 2.75) is 43.5 Å². The lowest BCUT2D eigenvalue weighted by Crippen LogP contribution is -2.36. The first-order valence-electron chi connectivity index (χ1n) is 8.45. The summed E-state index contributed by atoms with van der Waals surface area (Å²) in [5.74, 6) is 0.553. The molecule has 0 bridgehead atoms. The molecule has 26 heavy (non-hydrogen) atoms. The van der Waals surface area contributed by atoms with Gasteiger partial charge in [0.15, 0.2) is 23.2 Å². The average molecular weight is 386 g/mol. The third kappa shape index (κ3) is 2.92. The highest BCUT2D eigenvalue weighted by Crippen LogP contribution is 2.34. The zero-order valence-electron chi connectivity index (χ0n) is 13.8. The Morgan fingerprint density at radius 1 is 1.15 bits per heavy atom. The van der Waals surface area contributed by atoms with Gasteiger partial charge in [0.25, 0.3) is 0 Å². The van der Waals surface area contributed by atoms with Crippen LogP contribution in [-0.2, 0) is 4.74 Å². The summed E-state index contributed by atoms with van der Waals surface area (Å²) in [6, 6.07) is 0. The molecule has 4 atom stereocenters. The van der Waals surface area contributed by atoms with Crippen LogP contribution in [0.4, 0.5) is 5.82 Å². The summed E-state index contributed by atoms with van der Waals surface area (Å²) < 4.78 is 7.03. The van der Waals surface area contributed by atoms with E-state index < -0.39 is 31.1 Å². The fraction of sp³-hybridized carbons (Fsp3) is 0.667. The van der Waals surface area contributed by atoms with Gasteiger partial charge >= 0.3 is 0 Å². The van der Waals surface area contributed by atoms with Crippen molar-refractivity contribution in [1.82, 2.24) is 19.5 Å². The third-order valence-electron chi connectivity index (χ3n) is 4.93. The van der Waals surface area contributed by atoms with Gasteiger partial charge in [0.2, 0.25) is 5.28 Å². The number of fused-ring (bicyclic) bond motifs is 1. The molecule has 4 heterocycles. The Morgan fingerprint density at radius 2 is 1.88 bits per heavy atom. The van der Waals surface area contributed by atoms with E-state index in [0.29, 0.717) is 42.9 Å². The summed E-state index contributed by atoms with van der Waals surface area (Å²) in [5.41, 5.74) is 0.851. The molecule has 2 aliphatic heterocycles. The van der Waals surface area contributed by atoms with Gasteiger partial charge in [-0.2, -0.15) is 9.97 Å². The van der Waals surface area contributed by atoms with E-state index in [2.05, 4.69) is 15.0 Å². The molecule has 0 saturated carbocycles. The molecule has 4 rings (SSSR count). The zero-order valence-corrected chi connectivity index (χ0v) is 14.6. The molecule has 11 heteroatoms. The molecule has 0 spiro atoms. The SMILES string of the molecule is OC[C@H]1OC(n2cnc3c(N4CCC(O)CC4)nc(Cl)nc32)[C@H](O)[C@@H]1O. The van der Waals surface area contributed by atoms with E-state index in [4.69, 9.17) is 16.3 Å². The van der Waals surface area contributed by atoms with E-state index >= 15 is 0 Å². The van der Waals surface area contributed by atoms with Gasteiger partial charge in [-0.1, -0.05) is 0 Å². The summed E-state index contributed by atoms with van der Waals surface area (Å²) in [6.45, 7) is 0.813. The van der Waals surface area contributed by atoms with Crippen LogP contribution < -0.4 is 4.90 Å². The van der Waals surface area contributed by atoms with Crippen LogP contribution in [-0.4, -0.2) is 84.1 Å². The molecule has 2 aromatic rings. The number of rotatable bonds is 3. The maximum absolute atomic E-state index is 10.3. The Bertz CT molecular complexity index is 796. The molecule has 0 aliphatic carbocycles. The standard InChI is InChI=1S/C15H20ClN5O5/c16-15-18-12(20-3-1-7(23)2-4-20)9-13(19-15)21(6-17-9)14-11(25)10(24)8(5-22)26-14/h6-8,10-11,14,22-25H,1-5H2/t8-,10-,11-,14?/m1/s1. The van der Waals surface area contributed by atoms with Crippen LogP contribution in [0.2, 0.25) is 5.28 Å². The van der Waals surface area contributed by atoms with Gasteiger partial charge < -0.3 is 30.1 Å². The van der Waals surface area contributed by atoms with Crippen molar-refractivity contribution in [2.24, 2.45) is 0 Å². The van der Waals surface area contributed by atoms with Gasteiger partial charge in [-0.25, -0.2) is 4.98 Å². The first kappa shape index (κ1) is 17.8. The molecule has 2 aromatic heterocycles. The molecule has 10 nitrogen and oxygen atoms in total. The van der Waals surface area contributed by atoms with Gasteiger partial charge in [-0.05, 0) is 24.4 Å². The molecule has 2 aliphatic rings. The highest BCUT2D eigenvalue weighted by Gasteiger charge is 2.44. The summed E-state index contributed by atoms with van der Waals surface area (Å²) in [7, 11) is 0. The maximum Gasteiger partial charge on any atom is 0.226 e. The molecule has 0 radical (unpaired) electrons. The van der Waals surface area contributed by atoms with Gasteiger partial charge in [0.1, 0.15) is 18.3 Å². The zero-order chi connectivity index (χ0) is 18.4. The first-order chi connectivity index (χ1) is 12.5. The Labute approximate surface area is 153 Å². The molecular weight excluding hydrogens is 366 g/mol. The number of halogens is 1. The monoisotopic (exact) mass is 385 g/mol. The topological polar surface area (TPSA) is 137 Å². The molecule has 1 unspecified atom stereocenters. The minimum Gasteiger partial charge on any atom is -0.394 e. The number of nitrogens with zero attached hydrogens (tertiary/aromatic N) is 5. The molecule has 2 fully saturated rings. The van der Waals surface area contributed by atoms with Crippen molar-refractivity contribution >= 4 is 28.6 Å². The molecule has 0 amide bonds. The average Bonchev–Trinajstić information content (AvgIpc) is 3.16. The van der Waals surface area contributed by atoms with E-state index in [9.17, 15) is 20.4 Å². The minimum atomic E-state index is -1.24. The van der Waals surface area contributed by atoms with E-state index in [0.717, 1.165) is 0 Å². The Balaban J connectivity index is 1.73. The summed E-state index contributed by atoms with van der Waals surface area (Å²) >= 11 is 6.10. The number of anilines is 1. The second kappa shape index (κ2) is 6.87. The quantitative estimate of drug-likeness (QED) is 0.493. The van der Waals surface area contributed by atoms with Gasteiger partial charge in [-0.3, -0.25) is 4.57 Å². The minimum absolute atomic E-state index is 0.0205. The van der Waals surface area contributed by atoms with E-state index in [1.54, 1.807) is 0 Å². The number of hydrogen-bond acceptors (Lipinski definition) is 9. The van der Waals surface area contributed by atoms with Crippen molar-refractivity contribution in [1.29, 1.82) is 0 Å². The predicted molar refractivity (Wildman–Crippen MR) is 90.8 cm³/mol. The van der Waals surface area contributed by atoms with Crippen molar-refractivity contribution in [2.75, 3.05) is 24.6 Å². The van der Waals surface area contributed by atoms with Crippen LogP contribution >= 0.6 is 11.6 Å². The fourth-order valence-electron chi connectivity index (χ4n) is 3.47. The van der Waals surface area contributed by atoms with Crippen LogP contribution in [0.5, 0.6) is 0 Å². The van der Waals surface area contributed by atoms with E-state index in [1.807, 2.05) is 4.90 Å². The number of aliphatic hydroxyl groups excluding tert-OH is 4. The van der Waals surface area contributed by atoms with E-state index in [-0.39, 0.29) is 11.4 Å². The summed E-state index contributed by atoms with van der Waals surface area (Å²) in [5, 5.41) is 39.2. The molecule has 142 valence electrons. The lowest BCUT2D eigenvalue weighted by molar-refractivity contribution is -0.0511. The van der Waals surface area contributed by atoms with Crippen LogP contribution in [0.1, 0.15) is 19.1 Å². The molecular formula is C15H20ClN5O5. The summed E-state index contributed by atoms with van der Waals surface area (Å²) in [4.78, 5) is 14.8. The van der Waals surface area contributed by atoms with Crippen molar-refractivity contribution in [3.8, 4) is 0 Å². The van der Waals surface area contributed by atoms with Crippen LogP contribution in [0.15, 0.2) is 6.33 Å². The van der Waals surface area contributed by atoms with Gasteiger partial charge in [0.05, 0.1) is 19.0 Å². The Morgan fingerprint density at radius 3 is 2.54 bits per heavy atom. The normalized spacial score (nSPS) is 30.4. The fourth-order valence-corrected chi connectivity index (χ4v) is 3.63. The van der Waals surface area contributed by atoms with Crippen LogP contribution in [0.3, 0.4) is 0 Å². The number of ether oxygens (including phenoxy) is 1. The second-order valence-corrected chi connectivity index (χ2v) is 6.93. The number of imidazole rings is 1. The molecule has 2 saturated heterocycles. The highest BCUT2D eigenvalue weighted by atomic mass is 35.5.